The second-order valence-corrected chi connectivity index (χ2v) is 5.26. The Morgan fingerprint density at radius 2 is 2.00 bits per heavy atom. The lowest BCUT2D eigenvalue weighted by Crippen LogP contribution is -2.23. The molecule has 0 unspecified atom stereocenters. The highest BCUT2D eigenvalue weighted by atomic mass is 14.8. The quantitative estimate of drug-likeness (QED) is 0.664. The minimum Gasteiger partial charge on any atom is -0.358 e. The fourth-order valence-electron chi connectivity index (χ4n) is 2.87. The molecule has 15 heavy (non-hydrogen) atoms. The van der Waals surface area contributed by atoms with Gasteiger partial charge in [-0.25, -0.2) is 0 Å². The Balaban J connectivity index is 2.34. The van der Waals surface area contributed by atoms with Gasteiger partial charge in [-0.1, -0.05) is 32.0 Å². The lowest BCUT2D eigenvalue weighted by Gasteiger charge is -2.29. The number of hydrogen-bond acceptors (Lipinski definition) is 0. The Hall–Kier alpha value is -1.24. The van der Waals surface area contributed by atoms with Gasteiger partial charge in [-0.3, -0.25) is 0 Å². The van der Waals surface area contributed by atoms with Gasteiger partial charge < -0.3 is 4.98 Å². The summed E-state index contributed by atoms with van der Waals surface area (Å²) in [4.78, 5) is 3.61. The molecular formula is C14H17N. The maximum absolute atomic E-state index is 3.61. The third kappa shape index (κ3) is 1.22. The molecule has 0 fully saturated rings. The molecule has 0 radical (unpaired) electrons. The molecule has 0 amide bonds. The van der Waals surface area contributed by atoms with E-state index in [4.69, 9.17) is 0 Å². The first-order valence-corrected chi connectivity index (χ1v) is 5.78. The topological polar surface area (TPSA) is 15.8 Å². The van der Waals surface area contributed by atoms with Gasteiger partial charge in [0.1, 0.15) is 0 Å². The number of rotatable bonds is 0. The van der Waals surface area contributed by atoms with Crippen molar-refractivity contribution in [2.75, 3.05) is 0 Å². The summed E-state index contributed by atoms with van der Waals surface area (Å²) in [5, 5.41) is 1.43. The monoisotopic (exact) mass is 199 g/mol. The number of aromatic amines is 1. The van der Waals surface area contributed by atoms with Crippen molar-refractivity contribution in [3.8, 4) is 0 Å². The number of benzene rings is 1. The number of hydrogen-bond donors (Lipinski definition) is 1. The maximum atomic E-state index is 3.61. The van der Waals surface area contributed by atoms with Gasteiger partial charge in [-0.2, -0.15) is 0 Å². The Morgan fingerprint density at radius 1 is 1.20 bits per heavy atom. The van der Waals surface area contributed by atoms with Crippen LogP contribution in [0.1, 0.15) is 37.9 Å². The van der Waals surface area contributed by atoms with Crippen molar-refractivity contribution in [2.24, 2.45) is 0 Å². The van der Waals surface area contributed by atoms with Gasteiger partial charge in [-0.15, -0.1) is 0 Å². The Bertz CT molecular complexity index is 505. The van der Waals surface area contributed by atoms with Crippen molar-refractivity contribution in [1.82, 2.24) is 4.98 Å². The minimum absolute atomic E-state index is 0.326. The van der Waals surface area contributed by atoms with E-state index < -0.39 is 0 Å². The highest BCUT2D eigenvalue weighted by Crippen LogP contribution is 2.39. The summed E-state index contributed by atoms with van der Waals surface area (Å²) >= 11 is 0. The van der Waals surface area contributed by atoms with E-state index in [9.17, 15) is 0 Å². The average Bonchev–Trinajstić information content (AvgIpc) is 2.58. The zero-order chi connectivity index (χ0) is 10.5. The third-order valence-corrected chi connectivity index (χ3v) is 3.72. The van der Waals surface area contributed by atoms with E-state index >= 15 is 0 Å². The van der Waals surface area contributed by atoms with E-state index in [1.165, 1.54) is 35.9 Å². The molecule has 0 spiro atoms. The van der Waals surface area contributed by atoms with Gasteiger partial charge >= 0.3 is 0 Å². The molecule has 2 aromatic rings. The summed E-state index contributed by atoms with van der Waals surface area (Å²) in [6.07, 6.45) is 3.86. The molecule has 3 rings (SSSR count). The van der Waals surface area contributed by atoms with Crippen LogP contribution in [0.3, 0.4) is 0 Å². The predicted octanol–water partition coefficient (Wildman–Crippen LogP) is 3.78. The van der Waals surface area contributed by atoms with Crippen LogP contribution < -0.4 is 0 Å². The SMILES string of the molecule is CC1(C)CCCc2c1[nH]c1ccccc21. The van der Waals surface area contributed by atoms with Crippen molar-refractivity contribution in [3.05, 3.63) is 35.5 Å². The van der Waals surface area contributed by atoms with Gasteiger partial charge in [0.05, 0.1) is 0 Å². The van der Waals surface area contributed by atoms with Gasteiger partial charge in [0.15, 0.2) is 0 Å². The molecule has 1 heterocycles. The van der Waals surface area contributed by atoms with E-state index in [1.807, 2.05) is 0 Å². The second-order valence-electron chi connectivity index (χ2n) is 5.26. The second kappa shape index (κ2) is 2.88. The minimum atomic E-state index is 0.326. The summed E-state index contributed by atoms with van der Waals surface area (Å²) in [5.41, 5.74) is 4.65. The summed E-state index contributed by atoms with van der Waals surface area (Å²) in [7, 11) is 0. The molecule has 1 aromatic heterocycles. The fourth-order valence-corrected chi connectivity index (χ4v) is 2.87. The Morgan fingerprint density at radius 3 is 2.87 bits per heavy atom. The first-order valence-electron chi connectivity index (χ1n) is 5.78. The lowest BCUT2D eigenvalue weighted by molar-refractivity contribution is 0.423. The lowest BCUT2D eigenvalue weighted by atomic mass is 9.76. The summed E-state index contributed by atoms with van der Waals surface area (Å²) < 4.78 is 0. The van der Waals surface area contributed by atoms with Crippen molar-refractivity contribution in [3.63, 3.8) is 0 Å². The highest BCUT2D eigenvalue weighted by Gasteiger charge is 2.30. The number of para-hydroxylation sites is 1. The first kappa shape index (κ1) is 9.02. The number of H-pyrrole nitrogens is 1. The van der Waals surface area contributed by atoms with Gasteiger partial charge in [-0.05, 0) is 30.9 Å². The van der Waals surface area contributed by atoms with Crippen LogP contribution in [0, 0.1) is 0 Å². The third-order valence-electron chi connectivity index (χ3n) is 3.72. The highest BCUT2D eigenvalue weighted by molar-refractivity contribution is 5.85. The summed E-state index contributed by atoms with van der Waals surface area (Å²) in [6.45, 7) is 4.70. The van der Waals surface area contributed by atoms with Crippen molar-refractivity contribution >= 4 is 10.9 Å². The molecule has 0 bridgehead atoms. The number of fused-ring (bicyclic) bond motifs is 3. The number of aryl methyl sites for hydroxylation is 1. The molecule has 0 aliphatic heterocycles. The molecule has 0 atom stereocenters. The smallest absolute Gasteiger partial charge is 0.0459 e. The van der Waals surface area contributed by atoms with Crippen LogP contribution in [0.5, 0.6) is 0 Å². The normalized spacial score (nSPS) is 19.1. The summed E-state index contributed by atoms with van der Waals surface area (Å²) in [6, 6.07) is 8.67. The molecule has 1 N–H and O–H groups in total. The molecule has 1 aromatic carbocycles. The fraction of sp³-hybridized carbons (Fsp3) is 0.429. The van der Waals surface area contributed by atoms with Crippen LogP contribution in [0.4, 0.5) is 0 Å². The van der Waals surface area contributed by atoms with Crippen LogP contribution in [0.15, 0.2) is 24.3 Å². The van der Waals surface area contributed by atoms with Crippen LogP contribution in [0.25, 0.3) is 10.9 Å². The van der Waals surface area contributed by atoms with Crippen LogP contribution in [0.2, 0.25) is 0 Å². The zero-order valence-corrected chi connectivity index (χ0v) is 9.43. The van der Waals surface area contributed by atoms with E-state index in [-0.39, 0.29) is 0 Å². The van der Waals surface area contributed by atoms with Crippen molar-refractivity contribution < 1.29 is 0 Å². The molecule has 78 valence electrons. The molecule has 1 aliphatic rings. The van der Waals surface area contributed by atoms with Crippen LogP contribution in [-0.4, -0.2) is 4.98 Å². The van der Waals surface area contributed by atoms with Gasteiger partial charge in [0.25, 0.3) is 0 Å². The zero-order valence-electron chi connectivity index (χ0n) is 9.43. The van der Waals surface area contributed by atoms with Crippen LogP contribution in [-0.2, 0) is 11.8 Å². The number of nitrogens with one attached hydrogen (secondary N) is 1. The largest absolute Gasteiger partial charge is 0.358 e. The van der Waals surface area contributed by atoms with Crippen molar-refractivity contribution in [1.29, 1.82) is 0 Å². The summed E-state index contributed by atoms with van der Waals surface area (Å²) in [5.74, 6) is 0. The predicted molar refractivity (Wildman–Crippen MR) is 64.3 cm³/mol. The van der Waals surface area contributed by atoms with E-state index in [0.717, 1.165) is 0 Å². The maximum Gasteiger partial charge on any atom is 0.0459 e. The first-order chi connectivity index (χ1) is 7.18. The molecule has 1 heteroatoms. The van der Waals surface area contributed by atoms with Gasteiger partial charge in [0.2, 0.25) is 0 Å². The Labute approximate surface area is 90.5 Å². The Kier molecular flexibility index (Phi) is 1.73. The average molecular weight is 199 g/mol. The van der Waals surface area contributed by atoms with Crippen LogP contribution >= 0.6 is 0 Å². The molecule has 1 nitrogen and oxygen atoms in total. The standard InChI is InChI=1S/C14H17N/c1-14(2)9-5-7-11-10-6-3-4-8-12(10)15-13(11)14/h3-4,6,8,15H,5,7,9H2,1-2H3. The number of aromatic nitrogens is 1. The van der Waals surface area contributed by atoms with E-state index in [2.05, 4.69) is 43.1 Å². The molecule has 0 saturated heterocycles. The molecule has 0 saturated carbocycles. The van der Waals surface area contributed by atoms with E-state index in [0.29, 0.717) is 5.41 Å². The molecule has 1 aliphatic carbocycles. The van der Waals surface area contributed by atoms with Crippen molar-refractivity contribution in [2.45, 2.75) is 38.5 Å². The van der Waals surface area contributed by atoms with E-state index in [1.54, 1.807) is 5.56 Å². The van der Waals surface area contributed by atoms with Gasteiger partial charge in [0, 0.05) is 22.0 Å². The molecular weight excluding hydrogens is 182 g/mol.